The molecule has 0 aromatic heterocycles. The predicted octanol–water partition coefficient (Wildman–Crippen LogP) is 1.80. The monoisotopic (exact) mass is 203 g/mol. The van der Waals surface area contributed by atoms with Crippen LogP contribution in [0.5, 0.6) is 0 Å². The lowest BCUT2D eigenvalue weighted by Crippen LogP contribution is -2.04. The van der Waals surface area contributed by atoms with Gasteiger partial charge in [-0.3, -0.25) is 0 Å². The van der Waals surface area contributed by atoms with E-state index in [1.165, 1.54) is 0 Å². The highest BCUT2D eigenvalue weighted by Gasteiger charge is 1.95. The third-order valence-electron chi connectivity index (χ3n) is 1.24. The van der Waals surface area contributed by atoms with E-state index >= 15 is 0 Å². The third-order valence-corrected chi connectivity index (χ3v) is 1.57. The summed E-state index contributed by atoms with van der Waals surface area (Å²) in [6, 6.07) is 0. The minimum absolute atomic E-state index is 0.0629. The van der Waals surface area contributed by atoms with Crippen LogP contribution in [0, 0.1) is 11.8 Å². The first-order chi connectivity index (χ1) is 6.02. The fourth-order valence-electron chi connectivity index (χ4n) is 0.623. The molecular weight excluding hydrogens is 188 g/mol. The largest absolute Gasteiger partial charge is 0.750 e. The van der Waals surface area contributed by atoms with Gasteiger partial charge in [-0.05, 0) is 18.1 Å². The van der Waals surface area contributed by atoms with Crippen LogP contribution in [0.15, 0.2) is 17.9 Å². The van der Waals surface area contributed by atoms with Gasteiger partial charge in [0.05, 0.1) is 18.0 Å². The lowest BCUT2D eigenvalue weighted by Gasteiger charge is -2.07. The first kappa shape index (κ1) is 12.6. The first-order valence-corrected chi connectivity index (χ1v) is 5.17. The molecule has 0 N–H and O–H groups in total. The summed E-state index contributed by atoms with van der Waals surface area (Å²) in [5.41, 5.74) is 2.98. The van der Waals surface area contributed by atoms with Crippen molar-refractivity contribution in [3.8, 4) is 0 Å². The van der Waals surface area contributed by atoms with E-state index in [9.17, 15) is 8.76 Å². The van der Waals surface area contributed by atoms with Crippen LogP contribution in [0.25, 0.3) is 0 Å². The Morgan fingerprint density at radius 1 is 1.46 bits per heavy atom. The van der Waals surface area contributed by atoms with E-state index < -0.39 is 11.4 Å². The second-order valence-electron chi connectivity index (χ2n) is 3.21. The van der Waals surface area contributed by atoms with Crippen LogP contribution in [0.1, 0.15) is 20.8 Å². The molecule has 0 saturated heterocycles. The molecule has 3 nitrogen and oxygen atoms in total. The van der Waals surface area contributed by atoms with E-state index in [0.29, 0.717) is 5.92 Å². The van der Waals surface area contributed by atoms with E-state index in [0.717, 1.165) is 0 Å². The van der Waals surface area contributed by atoms with Gasteiger partial charge in [0.2, 0.25) is 0 Å². The van der Waals surface area contributed by atoms with Crippen LogP contribution in [0.2, 0.25) is 0 Å². The molecule has 4 heteroatoms. The Kier molecular flexibility index (Phi) is 6.82. The van der Waals surface area contributed by atoms with Crippen molar-refractivity contribution in [1.82, 2.24) is 0 Å². The van der Waals surface area contributed by atoms with Crippen LogP contribution in [-0.2, 0) is 15.5 Å². The minimum atomic E-state index is -2.41. The van der Waals surface area contributed by atoms with Crippen LogP contribution < -0.4 is 0 Å². The van der Waals surface area contributed by atoms with Gasteiger partial charge in [0.1, 0.15) is 0 Å². The molecule has 0 aromatic rings. The molecule has 0 rings (SSSR count). The van der Waals surface area contributed by atoms with Crippen LogP contribution in [0.3, 0.4) is 0 Å². The smallest absolute Gasteiger partial charge is 0.0842 e. The van der Waals surface area contributed by atoms with Crippen LogP contribution in [0.4, 0.5) is 0 Å². The number of hydrogen-bond donors (Lipinski definition) is 0. The number of rotatable bonds is 5. The minimum Gasteiger partial charge on any atom is -0.750 e. The summed E-state index contributed by atoms with van der Waals surface area (Å²) < 4.78 is 24.4. The maximum atomic E-state index is 10.0. The van der Waals surface area contributed by atoms with Gasteiger partial charge in [0.25, 0.3) is 0 Å². The average Bonchev–Trinajstić information content (AvgIpc) is 2.00. The van der Waals surface area contributed by atoms with Crippen molar-refractivity contribution < 1.29 is 12.9 Å². The second-order valence-corrected chi connectivity index (χ2v) is 3.85. The SMILES string of the molecule is CC(C)C=C=CC(C)COS(=O)[O-]. The Morgan fingerprint density at radius 3 is 2.54 bits per heavy atom. The van der Waals surface area contributed by atoms with E-state index in [1.807, 2.05) is 13.0 Å². The molecule has 0 radical (unpaired) electrons. The fraction of sp³-hybridized carbons (Fsp3) is 0.667. The maximum absolute atomic E-state index is 10.0. The molecule has 76 valence electrons. The summed E-state index contributed by atoms with van der Waals surface area (Å²) in [6.45, 7) is 6.15. The predicted molar refractivity (Wildman–Crippen MR) is 51.5 cm³/mol. The van der Waals surface area contributed by atoms with Crippen molar-refractivity contribution >= 4 is 11.4 Å². The number of hydrogen-bond acceptors (Lipinski definition) is 3. The molecule has 13 heavy (non-hydrogen) atoms. The van der Waals surface area contributed by atoms with Gasteiger partial charge in [-0.2, -0.15) is 0 Å². The quantitative estimate of drug-likeness (QED) is 0.505. The van der Waals surface area contributed by atoms with Crippen LogP contribution in [-0.4, -0.2) is 15.4 Å². The lowest BCUT2D eigenvalue weighted by atomic mass is 10.2. The van der Waals surface area contributed by atoms with Crippen molar-refractivity contribution in [2.24, 2.45) is 11.8 Å². The molecule has 0 aliphatic heterocycles. The highest BCUT2D eigenvalue weighted by Crippen LogP contribution is 1.99. The van der Waals surface area contributed by atoms with Gasteiger partial charge in [-0.1, -0.05) is 20.8 Å². The molecule has 0 aromatic carbocycles. The zero-order valence-corrected chi connectivity index (χ0v) is 8.97. The highest BCUT2D eigenvalue weighted by atomic mass is 32.2. The third kappa shape index (κ3) is 9.50. The Hall–Kier alpha value is -0.410. The molecule has 0 heterocycles. The molecule has 2 unspecified atom stereocenters. The van der Waals surface area contributed by atoms with Gasteiger partial charge in [-0.25, -0.2) is 4.21 Å². The highest BCUT2D eigenvalue weighted by molar-refractivity contribution is 7.74. The van der Waals surface area contributed by atoms with Gasteiger partial charge < -0.3 is 8.74 Å². The zero-order chi connectivity index (χ0) is 10.3. The molecule has 0 amide bonds. The Morgan fingerprint density at radius 2 is 2.08 bits per heavy atom. The van der Waals surface area contributed by atoms with Gasteiger partial charge in [0, 0.05) is 5.92 Å². The van der Waals surface area contributed by atoms with E-state index in [4.69, 9.17) is 0 Å². The average molecular weight is 203 g/mol. The Balaban J connectivity index is 3.79. The summed E-state index contributed by atoms with van der Waals surface area (Å²) in [7, 11) is 0. The van der Waals surface area contributed by atoms with E-state index in [1.54, 1.807) is 6.08 Å². The van der Waals surface area contributed by atoms with E-state index in [-0.39, 0.29) is 12.5 Å². The van der Waals surface area contributed by atoms with Crippen molar-refractivity contribution in [3.05, 3.63) is 17.9 Å². The van der Waals surface area contributed by atoms with Crippen molar-refractivity contribution in [3.63, 3.8) is 0 Å². The molecule has 0 saturated carbocycles. The Bertz CT molecular complexity index is 217. The topological polar surface area (TPSA) is 49.4 Å². The molecule has 0 aliphatic rings. The summed E-state index contributed by atoms with van der Waals surface area (Å²) in [5.74, 6) is 0.519. The fourth-order valence-corrected chi connectivity index (χ4v) is 0.949. The Labute approximate surface area is 82.0 Å². The first-order valence-electron chi connectivity index (χ1n) is 4.17. The van der Waals surface area contributed by atoms with Crippen molar-refractivity contribution in [1.29, 1.82) is 0 Å². The normalized spacial score (nSPS) is 14.8. The zero-order valence-electron chi connectivity index (χ0n) is 8.15. The van der Waals surface area contributed by atoms with Crippen molar-refractivity contribution in [2.75, 3.05) is 6.61 Å². The molecule has 0 bridgehead atoms. The summed E-state index contributed by atoms with van der Waals surface area (Å²) in [4.78, 5) is 0. The van der Waals surface area contributed by atoms with Crippen LogP contribution >= 0.6 is 0 Å². The summed E-state index contributed by atoms with van der Waals surface area (Å²) in [6.07, 6.45) is 3.72. The summed E-state index contributed by atoms with van der Waals surface area (Å²) in [5, 5.41) is 0. The molecule has 0 aliphatic carbocycles. The molecule has 2 atom stereocenters. The summed E-state index contributed by atoms with van der Waals surface area (Å²) >= 11 is -2.41. The molecule has 0 spiro atoms. The van der Waals surface area contributed by atoms with Gasteiger partial charge in [0.15, 0.2) is 0 Å². The second kappa shape index (κ2) is 7.04. The molecular formula is C9H15O3S-. The maximum Gasteiger partial charge on any atom is 0.0842 e. The lowest BCUT2D eigenvalue weighted by molar-refractivity contribution is 0.274. The van der Waals surface area contributed by atoms with Gasteiger partial charge >= 0.3 is 0 Å². The van der Waals surface area contributed by atoms with Gasteiger partial charge in [-0.15, -0.1) is 5.73 Å². The molecule has 0 fully saturated rings. The van der Waals surface area contributed by atoms with Crippen molar-refractivity contribution in [2.45, 2.75) is 20.8 Å². The standard InChI is InChI=1S/C9H16O3S/c1-8(2)5-4-6-9(3)7-12-13(10)11/h5-6,8-9H,7H2,1-3H3,(H,10,11)/p-1. The van der Waals surface area contributed by atoms with E-state index in [2.05, 4.69) is 23.8 Å².